The van der Waals surface area contributed by atoms with Gasteiger partial charge in [0.2, 0.25) is 5.91 Å². The van der Waals surface area contributed by atoms with Crippen LogP contribution in [-0.4, -0.2) is 33.0 Å². The molecule has 0 saturated heterocycles. The molecule has 0 saturated carbocycles. The summed E-state index contributed by atoms with van der Waals surface area (Å²) in [6.07, 6.45) is 1.58. The second-order valence-electron chi connectivity index (χ2n) is 3.82. The summed E-state index contributed by atoms with van der Waals surface area (Å²) in [5.41, 5.74) is 6.07. The van der Waals surface area contributed by atoms with Crippen molar-refractivity contribution >= 4 is 17.7 Å². The quantitative estimate of drug-likeness (QED) is 0.832. The molecule has 1 amide bonds. The number of carbonyl (C=O) groups excluding carboxylic acids is 1. The largest absolute Gasteiger partial charge is 0.495 e. The first-order chi connectivity index (χ1) is 9.13. The Morgan fingerprint density at radius 1 is 1.47 bits per heavy atom. The van der Waals surface area contributed by atoms with E-state index < -0.39 is 0 Å². The second-order valence-corrected chi connectivity index (χ2v) is 5.13. The zero-order valence-corrected chi connectivity index (χ0v) is 11.4. The Morgan fingerprint density at radius 2 is 2.21 bits per heavy atom. The molecule has 0 aliphatic heterocycles. The number of benzene rings is 1. The number of primary amides is 1. The van der Waals surface area contributed by atoms with Gasteiger partial charge in [-0.1, -0.05) is 23.9 Å². The van der Waals surface area contributed by atoms with E-state index in [4.69, 9.17) is 10.5 Å². The predicted molar refractivity (Wildman–Crippen MR) is 72.4 cm³/mol. The second kappa shape index (κ2) is 5.75. The first-order valence-electron chi connectivity index (χ1n) is 5.63. The van der Waals surface area contributed by atoms with Gasteiger partial charge in [-0.25, -0.2) is 0 Å². The monoisotopic (exact) mass is 278 g/mol. The van der Waals surface area contributed by atoms with Crippen LogP contribution in [0.25, 0.3) is 5.69 Å². The molecular formula is C12H14N4O2S. The number of thioether (sulfide) groups is 1. The number of para-hydroxylation sites is 2. The minimum absolute atomic E-state index is 0.377. The van der Waals surface area contributed by atoms with Gasteiger partial charge in [-0.05, 0) is 19.1 Å². The SMILES string of the molecule is COc1ccccc1-n1cnnc1S[C@H](C)C(N)=O. The maximum atomic E-state index is 11.1. The van der Waals surface area contributed by atoms with E-state index in [1.807, 2.05) is 24.3 Å². The number of amides is 1. The molecule has 1 aromatic carbocycles. The lowest BCUT2D eigenvalue weighted by atomic mass is 10.3. The van der Waals surface area contributed by atoms with Crippen molar-refractivity contribution in [3.8, 4) is 11.4 Å². The molecule has 0 unspecified atom stereocenters. The molecule has 1 heterocycles. The molecule has 100 valence electrons. The van der Waals surface area contributed by atoms with Gasteiger partial charge in [-0.15, -0.1) is 10.2 Å². The van der Waals surface area contributed by atoms with Crippen LogP contribution in [0.5, 0.6) is 5.75 Å². The van der Waals surface area contributed by atoms with E-state index in [0.29, 0.717) is 10.9 Å². The number of nitrogens with zero attached hydrogens (tertiary/aromatic N) is 3. The minimum atomic E-state index is -0.389. The summed E-state index contributed by atoms with van der Waals surface area (Å²) in [7, 11) is 1.60. The molecule has 7 heteroatoms. The van der Waals surface area contributed by atoms with Crippen molar-refractivity contribution in [2.45, 2.75) is 17.3 Å². The predicted octanol–water partition coefficient (Wildman–Crippen LogP) is 1.24. The highest BCUT2D eigenvalue weighted by molar-refractivity contribution is 8.00. The van der Waals surface area contributed by atoms with E-state index in [2.05, 4.69) is 10.2 Å². The van der Waals surface area contributed by atoms with Gasteiger partial charge in [0.15, 0.2) is 5.16 Å². The smallest absolute Gasteiger partial charge is 0.230 e. The lowest BCUT2D eigenvalue weighted by molar-refractivity contribution is -0.117. The molecule has 2 aromatic rings. The summed E-state index contributed by atoms with van der Waals surface area (Å²) in [6, 6.07) is 7.51. The number of hydrogen-bond acceptors (Lipinski definition) is 5. The van der Waals surface area contributed by atoms with Gasteiger partial charge in [0.1, 0.15) is 12.1 Å². The van der Waals surface area contributed by atoms with Crippen LogP contribution in [0.1, 0.15) is 6.92 Å². The Labute approximate surface area is 115 Å². The van der Waals surface area contributed by atoms with Crippen LogP contribution in [0.15, 0.2) is 35.7 Å². The average Bonchev–Trinajstić information content (AvgIpc) is 2.86. The van der Waals surface area contributed by atoms with Gasteiger partial charge in [0.25, 0.3) is 0 Å². The highest BCUT2D eigenvalue weighted by Crippen LogP contribution is 2.28. The topological polar surface area (TPSA) is 83.0 Å². The molecular weight excluding hydrogens is 264 g/mol. The van der Waals surface area contributed by atoms with Crippen molar-refractivity contribution in [2.24, 2.45) is 5.73 Å². The number of nitrogens with two attached hydrogens (primary N) is 1. The Bertz CT molecular complexity index is 585. The van der Waals surface area contributed by atoms with Crippen LogP contribution < -0.4 is 10.5 Å². The molecule has 0 aliphatic rings. The summed E-state index contributed by atoms with van der Waals surface area (Å²) in [4.78, 5) is 11.1. The highest BCUT2D eigenvalue weighted by atomic mass is 32.2. The van der Waals surface area contributed by atoms with Crippen LogP contribution >= 0.6 is 11.8 Å². The van der Waals surface area contributed by atoms with Crippen molar-refractivity contribution < 1.29 is 9.53 Å². The number of carbonyl (C=O) groups is 1. The molecule has 0 fully saturated rings. The van der Waals surface area contributed by atoms with E-state index in [-0.39, 0.29) is 11.2 Å². The first kappa shape index (κ1) is 13.4. The molecule has 6 nitrogen and oxygen atoms in total. The maximum absolute atomic E-state index is 11.1. The van der Waals surface area contributed by atoms with Crippen LogP contribution in [0.4, 0.5) is 0 Å². The highest BCUT2D eigenvalue weighted by Gasteiger charge is 2.17. The van der Waals surface area contributed by atoms with E-state index in [9.17, 15) is 4.79 Å². The molecule has 0 radical (unpaired) electrons. The zero-order valence-electron chi connectivity index (χ0n) is 10.6. The molecule has 1 atom stereocenters. The number of hydrogen-bond donors (Lipinski definition) is 1. The molecule has 19 heavy (non-hydrogen) atoms. The Hall–Kier alpha value is -2.02. The Kier molecular flexibility index (Phi) is 4.06. The molecule has 0 spiro atoms. The van der Waals surface area contributed by atoms with Gasteiger partial charge in [0, 0.05) is 0 Å². The number of rotatable bonds is 5. The van der Waals surface area contributed by atoms with Crippen LogP contribution in [0.3, 0.4) is 0 Å². The number of aromatic nitrogens is 3. The fourth-order valence-corrected chi connectivity index (χ4v) is 2.30. The van der Waals surface area contributed by atoms with Crippen LogP contribution in [-0.2, 0) is 4.79 Å². The third-order valence-electron chi connectivity index (χ3n) is 2.54. The number of methoxy groups -OCH3 is 1. The van der Waals surface area contributed by atoms with Gasteiger partial charge in [0.05, 0.1) is 18.0 Å². The third kappa shape index (κ3) is 2.87. The van der Waals surface area contributed by atoms with Crippen molar-refractivity contribution in [2.75, 3.05) is 7.11 Å². The molecule has 1 aromatic heterocycles. The summed E-state index contributed by atoms with van der Waals surface area (Å²) in [6.45, 7) is 1.73. The van der Waals surface area contributed by atoms with Crippen molar-refractivity contribution in [1.29, 1.82) is 0 Å². The fraction of sp³-hybridized carbons (Fsp3) is 0.250. The van der Waals surface area contributed by atoms with Crippen LogP contribution in [0.2, 0.25) is 0 Å². The summed E-state index contributed by atoms with van der Waals surface area (Å²) in [5.74, 6) is 0.315. The van der Waals surface area contributed by atoms with Gasteiger partial charge < -0.3 is 10.5 Å². The molecule has 2 N–H and O–H groups in total. The van der Waals surface area contributed by atoms with Crippen molar-refractivity contribution in [3.05, 3.63) is 30.6 Å². The van der Waals surface area contributed by atoms with Gasteiger partial charge in [-0.3, -0.25) is 9.36 Å². The summed E-state index contributed by atoms with van der Waals surface area (Å²) >= 11 is 1.26. The Morgan fingerprint density at radius 3 is 2.89 bits per heavy atom. The molecule has 0 aliphatic carbocycles. The minimum Gasteiger partial charge on any atom is -0.495 e. The maximum Gasteiger partial charge on any atom is 0.230 e. The number of ether oxygens (including phenoxy) is 1. The Balaban J connectivity index is 2.36. The normalized spacial score (nSPS) is 12.1. The molecule has 0 bridgehead atoms. The zero-order chi connectivity index (χ0) is 13.8. The average molecular weight is 278 g/mol. The summed E-state index contributed by atoms with van der Waals surface area (Å²) in [5, 5.41) is 8.09. The lowest BCUT2D eigenvalue weighted by Gasteiger charge is -2.11. The van der Waals surface area contributed by atoms with E-state index in [0.717, 1.165) is 5.69 Å². The van der Waals surface area contributed by atoms with Crippen molar-refractivity contribution in [1.82, 2.24) is 14.8 Å². The standard InChI is InChI=1S/C12H14N4O2S/c1-8(11(13)17)19-12-15-14-7-16(12)9-5-3-4-6-10(9)18-2/h3-8H,1-2H3,(H2,13,17)/t8-/m1/s1. The fourth-order valence-electron chi connectivity index (χ4n) is 1.52. The van der Waals surface area contributed by atoms with E-state index in [1.54, 1.807) is 24.9 Å². The summed E-state index contributed by atoms with van der Waals surface area (Å²) < 4.78 is 7.07. The van der Waals surface area contributed by atoms with Crippen molar-refractivity contribution in [3.63, 3.8) is 0 Å². The van der Waals surface area contributed by atoms with Gasteiger partial charge >= 0.3 is 0 Å². The van der Waals surface area contributed by atoms with Gasteiger partial charge in [-0.2, -0.15) is 0 Å². The first-order valence-corrected chi connectivity index (χ1v) is 6.51. The van der Waals surface area contributed by atoms with E-state index in [1.165, 1.54) is 11.8 Å². The molecule has 2 rings (SSSR count). The lowest BCUT2D eigenvalue weighted by Crippen LogP contribution is -2.23. The van der Waals surface area contributed by atoms with Crippen LogP contribution in [0, 0.1) is 0 Å². The van der Waals surface area contributed by atoms with E-state index >= 15 is 0 Å². The third-order valence-corrected chi connectivity index (χ3v) is 3.62.